The molecule has 0 radical (unpaired) electrons. The van der Waals surface area contributed by atoms with Crippen LogP contribution in [0.4, 0.5) is 10.2 Å². The summed E-state index contributed by atoms with van der Waals surface area (Å²) in [4.78, 5) is 20.4. The molecule has 0 saturated heterocycles. The summed E-state index contributed by atoms with van der Waals surface area (Å²) >= 11 is 0. The quantitative estimate of drug-likeness (QED) is 0.799. The van der Waals surface area contributed by atoms with Crippen molar-refractivity contribution >= 4 is 11.7 Å². The number of hydrogen-bond acceptors (Lipinski definition) is 3. The average Bonchev–Trinajstić information content (AvgIpc) is 2.57. The Morgan fingerprint density at radius 2 is 2.00 bits per heavy atom. The summed E-state index contributed by atoms with van der Waals surface area (Å²) in [5, 5.41) is 2.59. The van der Waals surface area contributed by atoms with Crippen molar-refractivity contribution in [1.82, 2.24) is 9.97 Å². The third kappa shape index (κ3) is 3.23. The van der Waals surface area contributed by atoms with Crippen LogP contribution in [0.25, 0.3) is 11.1 Å². The van der Waals surface area contributed by atoms with Crippen molar-refractivity contribution in [2.75, 3.05) is 5.32 Å². The Bertz CT molecular complexity index is 850. The molecule has 1 N–H and O–H groups in total. The van der Waals surface area contributed by atoms with E-state index in [-0.39, 0.29) is 5.56 Å². The second-order valence-corrected chi connectivity index (χ2v) is 5.05. The first-order valence-corrected chi connectivity index (χ1v) is 7.08. The first-order chi connectivity index (χ1) is 11.1. The van der Waals surface area contributed by atoms with Crippen molar-refractivity contribution in [1.29, 1.82) is 0 Å². The number of hydrogen-bond donors (Lipinski definition) is 1. The van der Waals surface area contributed by atoms with E-state index in [9.17, 15) is 9.18 Å². The van der Waals surface area contributed by atoms with Crippen molar-refractivity contribution in [3.05, 3.63) is 78.0 Å². The van der Waals surface area contributed by atoms with Gasteiger partial charge in [0.25, 0.3) is 5.91 Å². The van der Waals surface area contributed by atoms with Crippen molar-refractivity contribution in [3.63, 3.8) is 0 Å². The molecule has 3 rings (SSSR count). The number of halogens is 1. The number of pyridine rings is 2. The predicted octanol–water partition coefficient (Wildman–Crippen LogP) is 3.84. The van der Waals surface area contributed by atoms with Crippen LogP contribution in [-0.2, 0) is 0 Å². The predicted molar refractivity (Wildman–Crippen MR) is 86.6 cm³/mol. The number of carbonyl (C=O) groups excluding carboxylic acids is 1. The molecule has 3 aromatic rings. The molecule has 0 unspecified atom stereocenters. The lowest BCUT2D eigenvalue weighted by molar-refractivity contribution is 0.102. The Morgan fingerprint density at radius 3 is 2.74 bits per heavy atom. The van der Waals surface area contributed by atoms with E-state index in [0.717, 1.165) is 16.7 Å². The molecule has 4 nitrogen and oxygen atoms in total. The summed E-state index contributed by atoms with van der Waals surface area (Å²) in [5.41, 5.74) is 2.57. The molecule has 0 bridgehead atoms. The third-order valence-corrected chi connectivity index (χ3v) is 3.47. The van der Waals surface area contributed by atoms with Gasteiger partial charge in [-0.15, -0.1) is 0 Å². The molecule has 0 atom stereocenters. The van der Waals surface area contributed by atoms with Crippen molar-refractivity contribution < 1.29 is 9.18 Å². The zero-order chi connectivity index (χ0) is 16.2. The van der Waals surface area contributed by atoms with E-state index in [1.54, 1.807) is 42.9 Å². The Morgan fingerprint density at radius 1 is 1.13 bits per heavy atom. The Balaban J connectivity index is 1.95. The summed E-state index contributed by atoms with van der Waals surface area (Å²) in [7, 11) is 0. The lowest BCUT2D eigenvalue weighted by atomic mass is 10.0. The maximum absolute atomic E-state index is 14.0. The van der Waals surface area contributed by atoms with Gasteiger partial charge in [-0.05, 0) is 48.4 Å². The summed E-state index contributed by atoms with van der Waals surface area (Å²) in [5.74, 6) is -0.742. The van der Waals surface area contributed by atoms with Gasteiger partial charge in [-0.1, -0.05) is 12.1 Å². The average molecular weight is 307 g/mol. The van der Waals surface area contributed by atoms with E-state index in [1.807, 2.05) is 13.0 Å². The Labute approximate surface area is 133 Å². The van der Waals surface area contributed by atoms with E-state index in [2.05, 4.69) is 15.3 Å². The normalized spacial score (nSPS) is 10.3. The fourth-order valence-electron chi connectivity index (χ4n) is 2.25. The van der Waals surface area contributed by atoms with E-state index in [4.69, 9.17) is 0 Å². The van der Waals surface area contributed by atoms with Crippen LogP contribution in [0.2, 0.25) is 0 Å². The number of aryl methyl sites for hydroxylation is 1. The topological polar surface area (TPSA) is 54.9 Å². The zero-order valence-electron chi connectivity index (χ0n) is 12.5. The highest BCUT2D eigenvalue weighted by Crippen LogP contribution is 2.24. The maximum Gasteiger partial charge on any atom is 0.259 e. The first-order valence-electron chi connectivity index (χ1n) is 7.08. The van der Waals surface area contributed by atoms with Crippen LogP contribution < -0.4 is 5.32 Å². The summed E-state index contributed by atoms with van der Waals surface area (Å²) in [6.07, 6.45) is 4.95. The van der Waals surface area contributed by atoms with E-state index < -0.39 is 11.7 Å². The highest BCUT2D eigenvalue weighted by Gasteiger charge is 2.14. The van der Waals surface area contributed by atoms with Gasteiger partial charge in [0.2, 0.25) is 0 Å². The van der Waals surface area contributed by atoms with Gasteiger partial charge in [0.1, 0.15) is 11.6 Å². The molecule has 2 heterocycles. The minimum atomic E-state index is -0.580. The number of rotatable bonds is 3. The lowest BCUT2D eigenvalue weighted by Crippen LogP contribution is -2.14. The van der Waals surface area contributed by atoms with Crippen LogP contribution in [0.3, 0.4) is 0 Å². The van der Waals surface area contributed by atoms with Gasteiger partial charge in [0.15, 0.2) is 0 Å². The molecule has 23 heavy (non-hydrogen) atoms. The maximum atomic E-state index is 14.0. The molecule has 0 fully saturated rings. The van der Waals surface area contributed by atoms with Gasteiger partial charge in [-0.3, -0.25) is 9.78 Å². The molecule has 0 aliphatic heterocycles. The number of carbonyl (C=O) groups is 1. The highest BCUT2D eigenvalue weighted by atomic mass is 19.1. The summed E-state index contributed by atoms with van der Waals surface area (Å²) < 4.78 is 14.0. The number of nitrogens with one attached hydrogen (secondary N) is 1. The fourth-order valence-corrected chi connectivity index (χ4v) is 2.25. The molecular weight excluding hydrogens is 293 g/mol. The van der Waals surface area contributed by atoms with Gasteiger partial charge in [0.05, 0.1) is 5.56 Å². The van der Waals surface area contributed by atoms with Crippen LogP contribution in [-0.4, -0.2) is 15.9 Å². The summed E-state index contributed by atoms with van der Waals surface area (Å²) in [6, 6.07) is 11.4. The van der Waals surface area contributed by atoms with Crippen LogP contribution in [0.1, 0.15) is 15.9 Å². The second kappa shape index (κ2) is 6.36. The summed E-state index contributed by atoms with van der Waals surface area (Å²) in [6.45, 7) is 1.94. The molecule has 1 amide bonds. The van der Waals surface area contributed by atoms with Crippen molar-refractivity contribution in [3.8, 4) is 11.1 Å². The van der Waals surface area contributed by atoms with Gasteiger partial charge in [-0.25, -0.2) is 9.37 Å². The molecule has 1 aromatic carbocycles. The first kappa shape index (κ1) is 14.8. The smallest absolute Gasteiger partial charge is 0.259 e. The molecule has 2 aromatic heterocycles. The minimum absolute atomic E-state index is 0.0311. The van der Waals surface area contributed by atoms with E-state index in [0.29, 0.717) is 5.82 Å². The Hall–Kier alpha value is -3.08. The number of aromatic nitrogens is 2. The van der Waals surface area contributed by atoms with E-state index >= 15 is 0 Å². The van der Waals surface area contributed by atoms with Gasteiger partial charge in [0, 0.05) is 24.2 Å². The van der Waals surface area contributed by atoms with Crippen molar-refractivity contribution in [2.24, 2.45) is 0 Å². The Kier molecular flexibility index (Phi) is 4.10. The molecule has 0 aliphatic carbocycles. The molecule has 0 saturated carbocycles. The monoisotopic (exact) mass is 307 g/mol. The number of benzene rings is 1. The van der Waals surface area contributed by atoms with Gasteiger partial charge < -0.3 is 5.32 Å². The van der Waals surface area contributed by atoms with Crippen LogP contribution in [0.5, 0.6) is 0 Å². The second-order valence-electron chi connectivity index (χ2n) is 5.05. The van der Waals surface area contributed by atoms with Gasteiger partial charge in [-0.2, -0.15) is 0 Å². The van der Waals surface area contributed by atoms with Crippen LogP contribution >= 0.6 is 0 Å². The molecule has 0 spiro atoms. The largest absolute Gasteiger partial charge is 0.306 e. The molecule has 0 aliphatic rings. The third-order valence-electron chi connectivity index (χ3n) is 3.47. The SMILES string of the molecule is Cc1ccncc1-c1ccc(F)c(C(=O)Nc2ccccn2)c1. The number of amides is 1. The van der Waals surface area contributed by atoms with E-state index in [1.165, 1.54) is 12.1 Å². The number of anilines is 1. The van der Waals surface area contributed by atoms with Gasteiger partial charge >= 0.3 is 0 Å². The lowest BCUT2D eigenvalue weighted by Gasteiger charge is -2.09. The zero-order valence-corrected chi connectivity index (χ0v) is 12.5. The standard InChI is InChI=1S/C18H14FN3O/c1-12-7-9-20-11-15(12)13-5-6-16(19)14(10-13)18(23)22-17-4-2-3-8-21-17/h2-11H,1H3,(H,21,22,23). The van der Waals surface area contributed by atoms with Crippen molar-refractivity contribution in [2.45, 2.75) is 6.92 Å². The number of nitrogens with zero attached hydrogens (tertiary/aromatic N) is 2. The molecular formula is C18H14FN3O. The molecule has 5 heteroatoms. The highest BCUT2D eigenvalue weighted by molar-refractivity contribution is 6.04. The van der Waals surface area contributed by atoms with Crippen LogP contribution in [0, 0.1) is 12.7 Å². The molecule has 114 valence electrons. The minimum Gasteiger partial charge on any atom is -0.306 e. The fraction of sp³-hybridized carbons (Fsp3) is 0.0556. The van der Waals surface area contributed by atoms with Crippen LogP contribution in [0.15, 0.2) is 61.1 Å².